The zero-order valence-corrected chi connectivity index (χ0v) is 46.3. The molecule has 0 amide bonds. The van der Waals surface area contributed by atoms with Crippen molar-refractivity contribution in [3.05, 3.63) is 309 Å². The number of rotatable bonds is 7. The van der Waals surface area contributed by atoms with Crippen LogP contribution in [0, 0.1) is 0 Å². The van der Waals surface area contributed by atoms with Crippen LogP contribution in [0.1, 0.15) is 0 Å². The number of benzene rings is 15. The van der Waals surface area contributed by atoms with Gasteiger partial charge in [-0.2, -0.15) is 0 Å². The number of fused-ring (bicyclic) bond motifs is 13. The maximum Gasteiger partial charge on any atom is 0.0541 e. The Morgan fingerprint density at radius 1 is 0.141 bits per heavy atom. The minimum Gasteiger partial charge on any atom is -0.309 e. The first-order chi connectivity index (χ1) is 42.2. The second-order valence-corrected chi connectivity index (χ2v) is 22.6. The lowest BCUT2D eigenvalue weighted by molar-refractivity contribution is 1.18. The first-order valence-corrected chi connectivity index (χ1v) is 29.4. The Balaban J connectivity index is 0.847. The third kappa shape index (κ3) is 7.08. The molecule has 3 heterocycles. The Hall–Kier alpha value is -11.3. The standard InChI is InChI=1S/C82H51N3/c1-4-28-68-65(25-1)80(53-39-46-57(47-40-53)84-75-33-15-9-21-61(75)62-22-10-16-34-76(62)84)71-50-43-55(51-72(71)81(68)54-41-48-58(49-42-54)85-77-35-17-11-23-63(77)64-24-12-18-36-78(64)85)82-69-29-5-2-26-66(69)79(67-27-3-6-30-70(67)82)52-37-44-56(45-38-52)83-73-31-13-7-19-59(73)60-20-8-14-32-74(60)83/h1-51H. The molecule has 15 aromatic carbocycles. The number of nitrogens with zero attached hydrogens (tertiary/aromatic N) is 3. The van der Waals surface area contributed by atoms with Crippen molar-refractivity contribution >= 4 is 109 Å². The van der Waals surface area contributed by atoms with Crippen LogP contribution in [-0.2, 0) is 0 Å². The Labute approximate surface area is 490 Å². The van der Waals surface area contributed by atoms with Gasteiger partial charge in [0.1, 0.15) is 0 Å². The minimum atomic E-state index is 1.13. The molecule has 0 atom stereocenters. The summed E-state index contributed by atoms with van der Waals surface area (Å²) in [6, 6.07) is 115. The monoisotopic (exact) mass is 1080 g/mol. The summed E-state index contributed by atoms with van der Waals surface area (Å²) in [5, 5.41) is 17.3. The van der Waals surface area contributed by atoms with Gasteiger partial charge < -0.3 is 13.7 Å². The maximum absolute atomic E-state index is 2.50. The second-order valence-electron chi connectivity index (χ2n) is 22.6. The predicted octanol–water partition coefficient (Wildman–Crippen LogP) is 22.3. The van der Waals surface area contributed by atoms with E-state index in [4.69, 9.17) is 0 Å². The fraction of sp³-hybridized carbons (Fsp3) is 0. The van der Waals surface area contributed by atoms with Crippen LogP contribution >= 0.6 is 0 Å². The van der Waals surface area contributed by atoms with Crippen molar-refractivity contribution in [1.82, 2.24) is 13.7 Å². The van der Waals surface area contributed by atoms with E-state index in [1.54, 1.807) is 0 Å². The fourth-order valence-corrected chi connectivity index (χ4v) is 14.6. The Kier molecular flexibility index (Phi) is 10.4. The summed E-state index contributed by atoms with van der Waals surface area (Å²) in [5.41, 5.74) is 20.3. The highest BCUT2D eigenvalue weighted by molar-refractivity contribution is 6.25. The molecule has 0 aliphatic heterocycles. The summed E-state index contributed by atoms with van der Waals surface area (Å²) in [6.45, 7) is 0. The van der Waals surface area contributed by atoms with Crippen LogP contribution in [0.2, 0.25) is 0 Å². The summed E-state index contributed by atoms with van der Waals surface area (Å²) in [6.07, 6.45) is 0. The Morgan fingerprint density at radius 2 is 0.329 bits per heavy atom. The zero-order chi connectivity index (χ0) is 55.7. The molecule has 0 radical (unpaired) electrons. The normalized spacial score (nSPS) is 12.0. The predicted molar refractivity (Wildman–Crippen MR) is 361 cm³/mol. The van der Waals surface area contributed by atoms with Gasteiger partial charge >= 0.3 is 0 Å². The molecule has 0 aliphatic rings. The van der Waals surface area contributed by atoms with Crippen molar-refractivity contribution in [1.29, 1.82) is 0 Å². The average molecular weight is 1080 g/mol. The molecule has 0 aliphatic carbocycles. The van der Waals surface area contributed by atoms with Gasteiger partial charge in [0.05, 0.1) is 33.1 Å². The van der Waals surface area contributed by atoms with Crippen LogP contribution in [0.5, 0.6) is 0 Å². The topological polar surface area (TPSA) is 14.8 Å². The van der Waals surface area contributed by atoms with E-state index in [2.05, 4.69) is 323 Å². The van der Waals surface area contributed by atoms with Crippen molar-refractivity contribution in [2.45, 2.75) is 0 Å². The van der Waals surface area contributed by atoms with E-state index < -0.39 is 0 Å². The van der Waals surface area contributed by atoms with Gasteiger partial charge in [-0.3, -0.25) is 0 Å². The number of aromatic nitrogens is 3. The Bertz CT molecular complexity index is 5540. The number of para-hydroxylation sites is 6. The van der Waals surface area contributed by atoms with E-state index in [-0.39, 0.29) is 0 Å². The van der Waals surface area contributed by atoms with Gasteiger partial charge in [-0.15, -0.1) is 0 Å². The number of hydrogen-bond donors (Lipinski definition) is 0. The first kappa shape index (κ1) is 47.4. The molecule has 0 bridgehead atoms. The SMILES string of the molecule is c1ccc2c(-c3ccc4c(-c5ccc(-n6c7ccccc7c7ccccc76)cc5)c5ccccc5c(-c5ccc(-n6c7ccccc7c7ccccc76)cc5)c4c3)c3ccccc3c(-c3ccc(-n4c5ccccc5c5ccccc54)cc3)c2c1. The fourth-order valence-electron chi connectivity index (χ4n) is 14.6. The van der Waals surface area contributed by atoms with Crippen molar-refractivity contribution in [3.8, 4) is 61.6 Å². The third-order valence-corrected chi connectivity index (χ3v) is 18.2. The van der Waals surface area contributed by atoms with Crippen LogP contribution in [0.3, 0.4) is 0 Å². The van der Waals surface area contributed by atoms with Gasteiger partial charge in [0.2, 0.25) is 0 Å². The zero-order valence-electron chi connectivity index (χ0n) is 46.3. The molecule has 18 rings (SSSR count). The van der Waals surface area contributed by atoms with Gasteiger partial charge in [0.25, 0.3) is 0 Å². The molecular weight excluding hydrogens is 1030 g/mol. The van der Waals surface area contributed by atoms with Gasteiger partial charge in [-0.05, 0) is 166 Å². The van der Waals surface area contributed by atoms with Gasteiger partial charge in [0, 0.05) is 49.4 Å². The summed E-state index contributed by atoms with van der Waals surface area (Å²) in [7, 11) is 0. The van der Waals surface area contributed by atoms with Gasteiger partial charge in [0.15, 0.2) is 0 Å². The maximum atomic E-state index is 2.50. The van der Waals surface area contributed by atoms with E-state index in [9.17, 15) is 0 Å². The highest BCUT2D eigenvalue weighted by Crippen LogP contribution is 2.49. The molecule has 3 aromatic heterocycles. The van der Waals surface area contributed by atoms with E-state index in [0.717, 1.165) is 17.1 Å². The molecule has 18 aromatic rings. The van der Waals surface area contributed by atoms with E-state index in [1.807, 2.05) is 0 Å². The molecule has 3 heteroatoms. The molecule has 394 valence electrons. The molecule has 0 spiro atoms. The van der Waals surface area contributed by atoms with Crippen LogP contribution in [0.4, 0.5) is 0 Å². The van der Waals surface area contributed by atoms with E-state index >= 15 is 0 Å². The lowest BCUT2D eigenvalue weighted by Crippen LogP contribution is -1.96. The molecule has 0 N–H and O–H groups in total. The molecule has 0 fully saturated rings. The summed E-state index contributed by atoms with van der Waals surface area (Å²) in [5.74, 6) is 0. The largest absolute Gasteiger partial charge is 0.309 e. The van der Waals surface area contributed by atoms with Gasteiger partial charge in [-0.1, -0.05) is 231 Å². The third-order valence-electron chi connectivity index (χ3n) is 18.2. The molecular formula is C82H51N3. The molecule has 0 unspecified atom stereocenters. The average Bonchev–Trinajstić information content (AvgIpc) is 3.97. The summed E-state index contributed by atoms with van der Waals surface area (Å²) in [4.78, 5) is 0. The van der Waals surface area contributed by atoms with Crippen molar-refractivity contribution in [3.63, 3.8) is 0 Å². The van der Waals surface area contributed by atoms with E-state index in [1.165, 1.54) is 153 Å². The van der Waals surface area contributed by atoms with Crippen molar-refractivity contribution < 1.29 is 0 Å². The second kappa shape index (κ2) is 18.6. The highest BCUT2D eigenvalue weighted by Gasteiger charge is 2.23. The highest BCUT2D eigenvalue weighted by atomic mass is 15.0. The summed E-state index contributed by atoms with van der Waals surface area (Å²) < 4.78 is 7.22. The lowest BCUT2D eigenvalue weighted by atomic mass is 9.82. The number of hydrogen-bond acceptors (Lipinski definition) is 0. The van der Waals surface area contributed by atoms with Crippen LogP contribution in [-0.4, -0.2) is 13.7 Å². The van der Waals surface area contributed by atoms with Crippen LogP contribution in [0.15, 0.2) is 309 Å². The van der Waals surface area contributed by atoms with Crippen LogP contribution in [0.25, 0.3) is 170 Å². The Morgan fingerprint density at radius 3 is 0.588 bits per heavy atom. The van der Waals surface area contributed by atoms with E-state index in [0.29, 0.717) is 0 Å². The van der Waals surface area contributed by atoms with Crippen molar-refractivity contribution in [2.75, 3.05) is 0 Å². The minimum absolute atomic E-state index is 1.13. The molecule has 85 heavy (non-hydrogen) atoms. The lowest BCUT2D eigenvalue weighted by Gasteiger charge is -2.21. The van der Waals surface area contributed by atoms with Crippen molar-refractivity contribution in [2.24, 2.45) is 0 Å². The van der Waals surface area contributed by atoms with Crippen LogP contribution < -0.4 is 0 Å². The molecule has 3 nitrogen and oxygen atoms in total. The summed E-state index contributed by atoms with van der Waals surface area (Å²) >= 11 is 0. The first-order valence-electron chi connectivity index (χ1n) is 29.4. The molecule has 0 saturated carbocycles. The molecule has 0 saturated heterocycles. The quantitative estimate of drug-likeness (QED) is 0.141. The smallest absolute Gasteiger partial charge is 0.0541 e. The van der Waals surface area contributed by atoms with Gasteiger partial charge in [-0.25, -0.2) is 0 Å².